The first-order chi connectivity index (χ1) is 14.1. The zero-order chi connectivity index (χ0) is 21.1. The predicted octanol–water partition coefficient (Wildman–Crippen LogP) is 2.71. The van der Waals surface area contributed by atoms with E-state index in [4.69, 9.17) is 14.2 Å². The Bertz CT molecular complexity index is 765. The van der Waals surface area contributed by atoms with Crippen LogP contribution in [0, 0.1) is 0 Å². The van der Waals surface area contributed by atoms with Gasteiger partial charge in [0.05, 0.1) is 33.4 Å². The van der Waals surface area contributed by atoms with E-state index in [0.717, 1.165) is 23.6 Å². The monoisotopic (exact) mass is 401 g/mol. The first-order valence-electron chi connectivity index (χ1n) is 9.65. The van der Waals surface area contributed by atoms with Gasteiger partial charge in [-0.05, 0) is 48.9 Å². The van der Waals surface area contributed by atoms with Crippen LogP contribution in [0.5, 0.6) is 17.2 Å². The van der Waals surface area contributed by atoms with Crippen LogP contribution in [-0.2, 0) is 0 Å². The minimum Gasteiger partial charge on any atom is -0.497 e. The van der Waals surface area contributed by atoms with Crippen molar-refractivity contribution in [2.45, 2.75) is 13.0 Å². The third kappa shape index (κ3) is 7.19. The lowest BCUT2D eigenvalue weighted by Gasteiger charge is -2.22. The minimum atomic E-state index is -0.706. The molecular weight excluding hydrogens is 370 g/mol. The Morgan fingerprint density at radius 2 is 1.76 bits per heavy atom. The van der Waals surface area contributed by atoms with Crippen LogP contribution in [0.1, 0.15) is 18.6 Å². The number of likely N-dealkylation sites (N-methyl/N-ethyl adjacent to an activating group) is 1. The van der Waals surface area contributed by atoms with Crippen LogP contribution in [0.3, 0.4) is 0 Å². The number of aliphatic imine (C=N–C) groups is 1. The third-order valence-corrected chi connectivity index (χ3v) is 4.34. The summed E-state index contributed by atoms with van der Waals surface area (Å²) in [6.45, 7) is 4.14. The maximum Gasteiger partial charge on any atom is 0.193 e. The quantitative estimate of drug-likeness (QED) is 0.471. The van der Waals surface area contributed by atoms with Gasteiger partial charge in [0.15, 0.2) is 5.96 Å². The molecule has 1 unspecified atom stereocenters. The molecule has 0 spiro atoms. The average Bonchev–Trinajstić information content (AvgIpc) is 2.76. The molecule has 0 aliphatic carbocycles. The molecule has 0 saturated carbocycles. The van der Waals surface area contributed by atoms with Crippen LogP contribution >= 0.6 is 0 Å². The highest BCUT2D eigenvalue weighted by Crippen LogP contribution is 2.19. The SMILES string of the molecule is CCNC(=NCC(O)c1cccc(OC)c1)N(C)CCOc1ccc(OC)cc1. The molecule has 29 heavy (non-hydrogen) atoms. The van der Waals surface area contributed by atoms with Gasteiger partial charge in [0.1, 0.15) is 23.9 Å². The van der Waals surface area contributed by atoms with Gasteiger partial charge in [-0.25, -0.2) is 0 Å². The number of nitrogens with one attached hydrogen (secondary N) is 1. The van der Waals surface area contributed by atoms with Gasteiger partial charge in [0, 0.05) is 13.6 Å². The van der Waals surface area contributed by atoms with Gasteiger partial charge < -0.3 is 29.5 Å². The molecule has 158 valence electrons. The van der Waals surface area contributed by atoms with Crippen LogP contribution in [0.2, 0.25) is 0 Å². The lowest BCUT2D eigenvalue weighted by Crippen LogP contribution is -2.41. The van der Waals surface area contributed by atoms with Gasteiger partial charge >= 0.3 is 0 Å². The highest BCUT2D eigenvalue weighted by atomic mass is 16.5. The normalized spacial score (nSPS) is 12.2. The molecule has 0 heterocycles. The highest BCUT2D eigenvalue weighted by molar-refractivity contribution is 5.79. The van der Waals surface area contributed by atoms with Gasteiger partial charge in [-0.2, -0.15) is 0 Å². The number of aliphatic hydroxyl groups is 1. The molecule has 0 radical (unpaired) electrons. The summed E-state index contributed by atoms with van der Waals surface area (Å²) >= 11 is 0. The van der Waals surface area contributed by atoms with Crippen LogP contribution in [0.4, 0.5) is 0 Å². The van der Waals surface area contributed by atoms with E-state index in [1.54, 1.807) is 14.2 Å². The smallest absolute Gasteiger partial charge is 0.193 e. The number of aliphatic hydroxyl groups excluding tert-OH is 1. The Hall–Kier alpha value is -2.93. The molecule has 2 N–H and O–H groups in total. The second kappa shape index (κ2) is 11.8. The van der Waals surface area contributed by atoms with Gasteiger partial charge in [-0.1, -0.05) is 12.1 Å². The number of rotatable bonds is 10. The molecule has 2 aromatic carbocycles. The zero-order valence-corrected chi connectivity index (χ0v) is 17.6. The van der Waals surface area contributed by atoms with Crippen LogP contribution in [-0.4, -0.2) is 63.5 Å². The predicted molar refractivity (Wildman–Crippen MR) is 115 cm³/mol. The van der Waals surface area contributed by atoms with Crippen molar-refractivity contribution in [2.75, 3.05) is 47.5 Å². The van der Waals surface area contributed by atoms with Crippen LogP contribution < -0.4 is 19.5 Å². The summed E-state index contributed by atoms with van der Waals surface area (Å²) in [7, 11) is 5.18. The Morgan fingerprint density at radius 1 is 1.07 bits per heavy atom. The minimum absolute atomic E-state index is 0.249. The Kier molecular flexibility index (Phi) is 9.11. The van der Waals surface area contributed by atoms with Gasteiger partial charge in [-0.15, -0.1) is 0 Å². The van der Waals surface area contributed by atoms with Crippen molar-refractivity contribution in [3.8, 4) is 17.2 Å². The van der Waals surface area contributed by atoms with Crippen LogP contribution in [0.15, 0.2) is 53.5 Å². The first kappa shape index (κ1) is 22.4. The Balaban J connectivity index is 1.90. The number of ether oxygens (including phenoxy) is 3. The van der Waals surface area contributed by atoms with Gasteiger partial charge in [0.2, 0.25) is 0 Å². The molecule has 2 rings (SSSR count). The van der Waals surface area contributed by atoms with Crippen molar-refractivity contribution >= 4 is 5.96 Å². The van der Waals surface area contributed by atoms with E-state index in [2.05, 4.69) is 10.3 Å². The maximum absolute atomic E-state index is 10.5. The molecule has 7 nitrogen and oxygen atoms in total. The summed E-state index contributed by atoms with van der Waals surface area (Å²) in [4.78, 5) is 6.54. The summed E-state index contributed by atoms with van der Waals surface area (Å²) in [6.07, 6.45) is -0.706. The van der Waals surface area contributed by atoms with Crippen molar-refractivity contribution in [1.82, 2.24) is 10.2 Å². The number of methoxy groups -OCH3 is 2. The van der Waals surface area contributed by atoms with E-state index in [0.29, 0.717) is 24.9 Å². The number of nitrogens with zero attached hydrogens (tertiary/aromatic N) is 2. The lowest BCUT2D eigenvalue weighted by atomic mass is 10.1. The van der Waals surface area contributed by atoms with E-state index >= 15 is 0 Å². The molecule has 1 atom stereocenters. The van der Waals surface area contributed by atoms with Crippen molar-refractivity contribution in [2.24, 2.45) is 4.99 Å². The van der Waals surface area contributed by atoms with Gasteiger partial charge in [0.25, 0.3) is 0 Å². The number of hydrogen-bond acceptors (Lipinski definition) is 5. The molecule has 0 aromatic heterocycles. The summed E-state index contributed by atoms with van der Waals surface area (Å²) in [5.41, 5.74) is 0.773. The lowest BCUT2D eigenvalue weighted by molar-refractivity contribution is 0.186. The van der Waals surface area contributed by atoms with E-state index < -0.39 is 6.10 Å². The maximum atomic E-state index is 10.5. The van der Waals surface area contributed by atoms with Crippen molar-refractivity contribution in [3.63, 3.8) is 0 Å². The molecule has 0 aliphatic rings. The molecule has 0 amide bonds. The zero-order valence-electron chi connectivity index (χ0n) is 17.6. The fourth-order valence-electron chi connectivity index (χ4n) is 2.68. The van der Waals surface area contributed by atoms with Gasteiger partial charge in [-0.3, -0.25) is 4.99 Å². The van der Waals surface area contributed by atoms with Crippen LogP contribution in [0.25, 0.3) is 0 Å². The fourth-order valence-corrected chi connectivity index (χ4v) is 2.68. The fraction of sp³-hybridized carbons (Fsp3) is 0.409. The summed E-state index contributed by atoms with van der Waals surface area (Å²) < 4.78 is 16.1. The largest absolute Gasteiger partial charge is 0.497 e. The Morgan fingerprint density at radius 3 is 2.41 bits per heavy atom. The van der Waals surface area contributed by atoms with E-state index in [-0.39, 0.29) is 6.54 Å². The van der Waals surface area contributed by atoms with E-state index in [9.17, 15) is 5.11 Å². The molecular formula is C22H31N3O4. The topological polar surface area (TPSA) is 75.6 Å². The summed E-state index contributed by atoms with van der Waals surface area (Å²) in [5.74, 6) is 3.01. The Labute approximate surface area is 172 Å². The first-order valence-corrected chi connectivity index (χ1v) is 9.65. The standard InChI is InChI=1S/C22H31N3O4/c1-5-23-22(24-16-21(26)17-7-6-8-20(15-17)28-4)25(2)13-14-29-19-11-9-18(27-3)10-12-19/h6-12,15,21,26H,5,13-14,16H2,1-4H3,(H,23,24). The molecule has 0 aliphatic heterocycles. The summed E-state index contributed by atoms with van der Waals surface area (Å²) in [5, 5.41) is 13.7. The number of benzene rings is 2. The second-order valence-electron chi connectivity index (χ2n) is 6.43. The number of hydrogen-bond donors (Lipinski definition) is 2. The summed E-state index contributed by atoms with van der Waals surface area (Å²) in [6, 6.07) is 14.9. The number of guanidine groups is 1. The third-order valence-electron chi connectivity index (χ3n) is 4.34. The molecule has 7 heteroatoms. The molecule has 0 bridgehead atoms. The van der Waals surface area contributed by atoms with E-state index in [1.165, 1.54) is 0 Å². The molecule has 0 saturated heterocycles. The molecule has 0 fully saturated rings. The van der Waals surface area contributed by atoms with E-state index in [1.807, 2.05) is 67.4 Å². The highest BCUT2D eigenvalue weighted by Gasteiger charge is 2.11. The van der Waals surface area contributed by atoms with Crippen molar-refractivity contribution in [3.05, 3.63) is 54.1 Å². The van der Waals surface area contributed by atoms with Crippen molar-refractivity contribution in [1.29, 1.82) is 0 Å². The van der Waals surface area contributed by atoms with Crippen molar-refractivity contribution < 1.29 is 19.3 Å². The average molecular weight is 402 g/mol. The molecule has 2 aromatic rings. The second-order valence-corrected chi connectivity index (χ2v) is 6.43.